The molecule has 0 saturated carbocycles. The van der Waals surface area contributed by atoms with Gasteiger partial charge in [-0.15, -0.1) is 11.3 Å². The predicted octanol–water partition coefficient (Wildman–Crippen LogP) is 2.86. The molecule has 0 spiro atoms. The Balaban J connectivity index is 1.73. The van der Waals surface area contributed by atoms with Gasteiger partial charge in [-0.1, -0.05) is 0 Å². The Morgan fingerprint density at radius 1 is 1.25 bits per heavy atom. The molecule has 0 saturated heterocycles. The summed E-state index contributed by atoms with van der Waals surface area (Å²) in [6.07, 6.45) is 1.44. The predicted molar refractivity (Wildman–Crippen MR) is 120 cm³/mol. The average Bonchev–Trinajstić information content (AvgIpc) is 3.31. The minimum Gasteiger partial charge on any atom is -0.462 e. The standard InChI is InChI=1S/C21H24N4O6S/c1-5-29-20(27)17-12(2)18(14(26)10-25(3)4)32-19(17)23-21(28)24-22-9-13-6-7-15-16(8-13)31-11-30-15/h6-9H,5,10-11H2,1-4H3,(H2,23,24,28)/b22-9+. The lowest BCUT2D eigenvalue weighted by Crippen LogP contribution is -2.24. The number of fused-ring (bicyclic) bond motifs is 1. The quantitative estimate of drug-likeness (QED) is 0.269. The number of ketones is 1. The number of carbonyl (C=O) groups excluding carboxylic acids is 3. The van der Waals surface area contributed by atoms with Crippen LogP contribution in [0.1, 0.15) is 38.1 Å². The van der Waals surface area contributed by atoms with Crippen molar-refractivity contribution >= 4 is 40.3 Å². The van der Waals surface area contributed by atoms with E-state index in [2.05, 4.69) is 15.8 Å². The second-order valence-electron chi connectivity index (χ2n) is 7.08. The number of amides is 2. The number of nitrogens with zero attached hydrogens (tertiary/aromatic N) is 2. The molecule has 2 N–H and O–H groups in total. The van der Waals surface area contributed by atoms with E-state index in [0.717, 1.165) is 11.3 Å². The topological polar surface area (TPSA) is 119 Å². The smallest absolute Gasteiger partial charge is 0.341 e. The summed E-state index contributed by atoms with van der Waals surface area (Å²) in [5.74, 6) is 0.482. The van der Waals surface area contributed by atoms with Crippen molar-refractivity contribution in [3.63, 3.8) is 0 Å². The van der Waals surface area contributed by atoms with Gasteiger partial charge >= 0.3 is 12.0 Å². The van der Waals surface area contributed by atoms with Crippen LogP contribution in [0, 0.1) is 6.92 Å². The van der Waals surface area contributed by atoms with Crippen LogP contribution in [-0.4, -0.2) is 62.9 Å². The van der Waals surface area contributed by atoms with Gasteiger partial charge in [0.25, 0.3) is 0 Å². The van der Waals surface area contributed by atoms with Crippen LogP contribution in [0.15, 0.2) is 23.3 Å². The molecular weight excluding hydrogens is 436 g/mol. The highest BCUT2D eigenvalue weighted by Gasteiger charge is 2.26. The zero-order valence-corrected chi connectivity index (χ0v) is 19.0. The van der Waals surface area contributed by atoms with Crippen molar-refractivity contribution in [2.24, 2.45) is 5.10 Å². The van der Waals surface area contributed by atoms with Crippen molar-refractivity contribution in [3.8, 4) is 11.5 Å². The number of carbonyl (C=O) groups is 3. The Bertz CT molecular complexity index is 1060. The minimum absolute atomic E-state index is 0.155. The summed E-state index contributed by atoms with van der Waals surface area (Å²) in [4.78, 5) is 39.5. The zero-order chi connectivity index (χ0) is 23.3. The molecule has 2 aromatic rings. The van der Waals surface area contributed by atoms with E-state index in [9.17, 15) is 14.4 Å². The van der Waals surface area contributed by atoms with E-state index in [-0.39, 0.29) is 36.3 Å². The summed E-state index contributed by atoms with van der Waals surface area (Å²) in [5, 5.41) is 6.72. The van der Waals surface area contributed by atoms with E-state index >= 15 is 0 Å². The molecule has 0 radical (unpaired) electrons. The fraction of sp³-hybridized carbons (Fsp3) is 0.333. The number of Topliss-reactive ketones (excluding diaryl/α,β-unsaturated/α-hetero) is 1. The largest absolute Gasteiger partial charge is 0.462 e. The van der Waals surface area contributed by atoms with Gasteiger partial charge in [0.1, 0.15) is 5.00 Å². The Morgan fingerprint density at radius 3 is 2.72 bits per heavy atom. The number of hydrogen-bond acceptors (Lipinski definition) is 9. The monoisotopic (exact) mass is 460 g/mol. The fourth-order valence-corrected chi connectivity index (χ4v) is 4.09. The number of nitrogens with one attached hydrogen (secondary N) is 2. The van der Waals surface area contributed by atoms with Crippen molar-refractivity contribution < 1.29 is 28.6 Å². The zero-order valence-electron chi connectivity index (χ0n) is 18.2. The number of hydrogen-bond donors (Lipinski definition) is 2. The van der Waals surface area contributed by atoms with Gasteiger partial charge in [0, 0.05) is 0 Å². The van der Waals surface area contributed by atoms with E-state index in [1.54, 1.807) is 51.0 Å². The summed E-state index contributed by atoms with van der Waals surface area (Å²) in [6.45, 7) is 3.85. The Hall–Kier alpha value is -3.44. The van der Waals surface area contributed by atoms with Gasteiger partial charge in [-0.2, -0.15) is 5.10 Å². The summed E-state index contributed by atoms with van der Waals surface area (Å²) in [7, 11) is 3.55. The number of esters is 1. The summed E-state index contributed by atoms with van der Waals surface area (Å²) in [5.41, 5.74) is 3.68. The van der Waals surface area contributed by atoms with E-state index in [1.807, 2.05) is 0 Å². The second-order valence-corrected chi connectivity index (χ2v) is 8.10. The number of hydrazone groups is 1. The molecule has 2 amide bonds. The third-order valence-electron chi connectivity index (χ3n) is 4.34. The first-order valence-corrected chi connectivity index (χ1v) is 10.6. The lowest BCUT2D eigenvalue weighted by molar-refractivity contribution is 0.0527. The summed E-state index contributed by atoms with van der Waals surface area (Å²) < 4.78 is 15.7. The van der Waals surface area contributed by atoms with Gasteiger partial charge < -0.3 is 19.1 Å². The third kappa shape index (κ3) is 5.42. The Morgan fingerprint density at radius 2 is 2.00 bits per heavy atom. The molecule has 0 fully saturated rings. The Kier molecular flexibility index (Phi) is 7.44. The lowest BCUT2D eigenvalue weighted by Gasteiger charge is -2.07. The van der Waals surface area contributed by atoms with Gasteiger partial charge in [0.15, 0.2) is 17.3 Å². The van der Waals surface area contributed by atoms with Crippen LogP contribution in [0.3, 0.4) is 0 Å². The number of likely N-dealkylation sites (N-methyl/N-ethyl adjacent to an activating group) is 1. The van der Waals surface area contributed by atoms with Crippen LogP contribution in [0.4, 0.5) is 9.80 Å². The van der Waals surface area contributed by atoms with Crippen molar-refractivity contribution in [1.29, 1.82) is 0 Å². The van der Waals surface area contributed by atoms with Crippen LogP contribution in [0.25, 0.3) is 0 Å². The van der Waals surface area contributed by atoms with Crippen LogP contribution in [-0.2, 0) is 4.74 Å². The third-order valence-corrected chi connectivity index (χ3v) is 5.59. The van der Waals surface area contributed by atoms with Gasteiger partial charge in [-0.05, 0) is 57.3 Å². The molecule has 1 aliphatic rings. The first-order valence-electron chi connectivity index (χ1n) is 9.78. The molecule has 10 nitrogen and oxygen atoms in total. The SMILES string of the molecule is CCOC(=O)c1c(NC(=O)N/N=C/c2ccc3c(c2)OCO3)sc(C(=O)CN(C)C)c1C. The molecular formula is C21H24N4O6S. The van der Waals surface area contributed by atoms with E-state index in [0.29, 0.717) is 27.5 Å². The summed E-state index contributed by atoms with van der Waals surface area (Å²) >= 11 is 1.03. The molecule has 2 heterocycles. The Labute approximate surface area is 189 Å². The van der Waals surface area contributed by atoms with Gasteiger partial charge in [-0.3, -0.25) is 10.1 Å². The first kappa shape index (κ1) is 23.2. The minimum atomic E-state index is -0.666. The molecule has 0 bridgehead atoms. The highest BCUT2D eigenvalue weighted by molar-refractivity contribution is 7.18. The van der Waals surface area contributed by atoms with Crippen molar-refractivity contribution in [2.45, 2.75) is 13.8 Å². The van der Waals surface area contributed by atoms with Crippen molar-refractivity contribution in [2.75, 3.05) is 39.4 Å². The second kappa shape index (κ2) is 10.2. The summed E-state index contributed by atoms with van der Waals surface area (Å²) in [6, 6.07) is 4.58. The van der Waals surface area contributed by atoms with Crippen LogP contribution in [0.5, 0.6) is 11.5 Å². The first-order chi connectivity index (χ1) is 15.3. The van der Waals surface area contributed by atoms with Crippen molar-refractivity contribution in [1.82, 2.24) is 10.3 Å². The number of anilines is 1. The molecule has 0 atom stereocenters. The van der Waals surface area contributed by atoms with Crippen molar-refractivity contribution in [3.05, 3.63) is 39.8 Å². The van der Waals surface area contributed by atoms with Gasteiger partial charge in [0.05, 0.1) is 29.8 Å². The fourth-order valence-electron chi connectivity index (χ4n) is 2.97. The molecule has 32 heavy (non-hydrogen) atoms. The number of thiophene rings is 1. The highest BCUT2D eigenvalue weighted by Crippen LogP contribution is 2.34. The van der Waals surface area contributed by atoms with Crippen LogP contribution < -0.4 is 20.2 Å². The normalized spacial score (nSPS) is 12.3. The average molecular weight is 461 g/mol. The molecule has 11 heteroatoms. The molecule has 170 valence electrons. The van der Waals surface area contributed by atoms with E-state index < -0.39 is 12.0 Å². The maximum absolute atomic E-state index is 12.6. The van der Waals surface area contributed by atoms with Crippen LogP contribution in [0.2, 0.25) is 0 Å². The molecule has 1 aromatic carbocycles. The van der Waals surface area contributed by atoms with E-state index in [4.69, 9.17) is 14.2 Å². The number of urea groups is 1. The van der Waals surface area contributed by atoms with Gasteiger partial charge in [0.2, 0.25) is 6.79 Å². The molecule has 3 rings (SSSR count). The van der Waals surface area contributed by atoms with Crippen LogP contribution >= 0.6 is 11.3 Å². The lowest BCUT2D eigenvalue weighted by atomic mass is 10.1. The highest BCUT2D eigenvalue weighted by atomic mass is 32.1. The van der Waals surface area contributed by atoms with Gasteiger partial charge in [-0.25, -0.2) is 15.0 Å². The number of rotatable bonds is 8. The molecule has 1 aromatic heterocycles. The molecule has 0 aliphatic carbocycles. The molecule has 0 unspecified atom stereocenters. The maximum atomic E-state index is 12.6. The molecule has 1 aliphatic heterocycles. The maximum Gasteiger partial charge on any atom is 0.341 e. The van der Waals surface area contributed by atoms with E-state index in [1.165, 1.54) is 6.21 Å². The number of benzene rings is 1. The number of ether oxygens (including phenoxy) is 3.